The van der Waals surface area contributed by atoms with E-state index in [2.05, 4.69) is 10.0 Å². The average molecular weight is 364 g/mol. The van der Waals surface area contributed by atoms with Gasteiger partial charge in [-0.2, -0.15) is 0 Å². The van der Waals surface area contributed by atoms with Crippen LogP contribution in [0.3, 0.4) is 0 Å². The zero-order chi connectivity index (χ0) is 17.0. The predicted molar refractivity (Wildman–Crippen MR) is 94.0 cm³/mol. The molecule has 8 heteroatoms. The maximum absolute atomic E-state index is 12.2. The van der Waals surface area contributed by atoms with Crippen LogP contribution in [0.15, 0.2) is 29.2 Å². The Morgan fingerprint density at radius 2 is 1.83 bits per heavy atom. The summed E-state index contributed by atoms with van der Waals surface area (Å²) in [6.07, 6.45) is 1.43. The van der Waals surface area contributed by atoms with Crippen LogP contribution in [-0.2, 0) is 14.8 Å². The summed E-state index contributed by atoms with van der Waals surface area (Å²) < 4.78 is 25.6. The van der Waals surface area contributed by atoms with Gasteiger partial charge in [-0.1, -0.05) is 25.5 Å². The number of amides is 1. The van der Waals surface area contributed by atoms with Crippen LogP contribution in [-0.4, -0.2) is 26.9 Å². The van der Waals surface area contributed by atoms with Crippen molar-refractivity contribution in [2.75, 3.05) is 7.05 Å². The molecule has 0 radical (unpaired) electrons. The highest BCUT2D eigenvalue weighted by Crippen LogP contribution is 2.18. The summed E-state index contributed by atoms with van der Waals surface area (Å²) >= 11 is 0. The molecule has 1 amide bonds. The maximum Gasteiger partial charge on any atom is 0.240 e. The molecular weight excluding hydrogens is 338 g/mol. The third-order valence-electron chi connectivity index (χ3n) is 3.59. The van der Waals surface area contributed by atoms with Crippen LogP contribution in [0.5, 0.6) is 0 Å². The van der Waals surface area contributed by atoms with Gasteiger partial charge in [-0.15, -0.1) is 12.4 Å². The smallest absolute Gasteiger partial charge is 0.240 e. The maximum atomic E-state index is 12.2. The van der Waals surface area contributed by atoms with E-state index in [0.717, 1.165) is 12.0 Å². The van der Waals surface area contributed by atoms with Gasteiger partial charge in [-0.05, 0) is 45.0 Å². The number of hydrogen-bond donors (Lipinski definition) is 3. The van der Waals surface area contributed by atoms with Gasteiger partial charge in [0.25, 0.3) is 0 Å². The summed E-state index contributed by atoms with van der Waals surface area (Å²) in [5.41, 5.74) is 5.91. The van der Waals surface area contributed by atoms with Gasteiger partial charge in [-0.3, -0.25) is 4.79 Å². The summed E-state index contributed by atoms with van der Waals surface area (Å²) in [5.74, 6) is -0.214. The molecule has 0 spiro atoms. The summed E-state index contributed by atoms with van der Waals surface area (Å²) in [7, 11) is -2.09. The van der Waals surface area contributed by atoms with Crippen molar-refractivity contribution in [1.29, 1.82) is 0 Å². The van der Waals surface area contributed by atoms with Gasteiger partial charge >= 0.3 is 0 Å². The monoisotopic (exact) mass is 363 g/mol. The number of nitrogens with one attached hydrogen (secondary N) is 2. The zero-order valence-corrected chi connectivity index (χ0v) is 15.6. The van der Waals surface area contributed by atoms with Crippen molar-refractivity contribution >= 4 is 28.3 Å². The fourth-order valence-electron chi connectivity index (χ4n) is 2.13. The van der Waals surface area contributed by atoms with E-state index in [4.69, 9.17) is 5.73 Å². The third-order valence-corrected chi connectivity index (χ3v) is 5.03. The normalized spacial score (nSPS) is 15.2. The minimum atomic E-state index is -3.45. The van der Waals surface area contributed by atoms with Gasteiger partial charge in [-0.25, -0.2) is 13.1 Å². The van der Waals surface area contributed by atoms with Crippen molar-refractivity contribution in [3.63, 3.8) is 0 Å². The van der Waals surface area contributed by atoms with E-state index in [0.29, 0.717) is 6.42 Å². The first-order chi connectivity index (χ1) is 10.1. The quantitative estimate of drug-likeness (QED) is 0.686. The van der Waals surface area contributed by atoms with Crippen molar-refractivity contribution in [3.05, 3.63) is 29.8 Å². The largest absolute Gasteiger partial charge is 0.348 e. The first kappa shape index (κ1) is 21.9. The van der Waals surface area contributed by atoms with Crippen molar-refractivity contribution in [2.24, 2.45) is 5.73 Å². The molecule has 0 aliphatic heterocycles. The first-order valence-corrected chi connectivity index (χ1v) is 8.75. The van der Waals surface area contributed by atoms with Gasteiger partial charge < -0.3 is 11.1 Å². The van der Waals surface area contributed by atoms with E-state index < -0.39 is 15.6 Å². The molecule has 6 nitrogen and oxygen atoms in total. The molecule has 23 heavy (non-hydrogen) atoms. The predicted octanol–water partition coefficient (Wildman–Crippen LogP) is 1.71. The molecule has 0 aromatic heterocycles. The average Bonchev–Trinajstić information content (AvgIpc) is 2.47. The van der Waals surface area contributed by atoms with Crippen molar-refractivity contribution in [2.45, 2.75) is 50.1 Å². The zero-order valence-electron chi connectivity index (χ0n) is 13.9. The van der Waals surface area contributed by atoms with Crippen LogP contribution in [0, 0.1) is 0 Å². The van der Waals surface area contributed by atoms with Crippen molar-refractivity contribution in [3.8, 4) is 0 Å². The second-order valence-electron chi connectivity index (χ2n) is 5.64. The van der Waals surface area contributed by atoms with E-state index in [1.165, 1.54) is 19.2 Å². The minimum Gasteiger partial charge on any atom is -0.348 e. The summed E-state index contributed by atoms with van der Waals surface area (Å²) in [4.78, 5) is 12.4. The Labute approximate surface area is 144 Å². The van der Waals surface area contributed by atoms with Gasteiger partial charge in [0.05, 0.1) is 16.5 Å². The number of benzene rings is 1. The van der Waals surface area contributed by atoms with Gasteiger partial charge in [0.2, 0.25) is 15.9 Å². The van der Waals surface area contributed by atoms with E-state index in [9.17, 15) is 13.2 Å². The van der Waals surface area contributed by atoms with Crippen LogP contribution in [0.1, 0.15) is 45.2 Å². The van der Waals surface area contributed by atoms with E-state index in [1.807, 2.05) is 13.8 Å². The SMILES string of the molecule is CCCC(C)(N)C(=O)NC(C)c1ccc(S(=O)(=O)NC)cc1.Cl. The molecule has 1 aromatic carbocycles. The number of rotatable bonds is 7. The number of hydrogen-bond acceptors (Lipinski definition) is 4. The van der Waals surface area contributed by atoms with E-state index in [-0.39, 0.29) is 29.3 Å². The van der Waals surface area contributed by atoms with E-state index in [1.54, 1.807) is 19.1 Å². The lowest BCUT2D eigenvalue weighted by molar-refractivity contribution is -0.126. The summed E-state index contributed by atoms with van der Waals surface area (Å²) in [5, 5.41) is 2.86. The first-order valence-electron chi connectivity index (χ1n) is 7.27. The number of nitrogens with two attached hydrogens (primary N) is 1. The molecule has 0 saturated carbocycles. The molecule has 2 atom stereocenters. The fourth-order valence-corrected chi connectivity index (χ4v) is 2.86. The van der Waals surface area contributed by atoms with Crippen LogP contribution in [0.25, 0.3) is 0 Å². The molecule has 0 saturated heterocycles. The molecule has 1 rings (SSSR count). The summed E-state index contributed by atoms with van der Waals surface area (Å²) in [6.45, 7) is 5.52. The highest BCUT2D eigenvalue weighted by Gasteiger charge is 2.28. The fraction of sp³-hybridized carbons (Fsp3) is 0.533. The molecule has 0 bridgehead atoms. The highest BCUT2D eigenvalue weighted by atomic mass is 35.5. The second-order valence-corrected chi connectivity index (χ2v) is 7.53. The van der Waals surface area contributed by atoms with Crippen LogP contribution < -0.4 is 15.8 Å². The Bertz CT molecular complexity index is 615. The Hall–Kier alpha value is -1.15. The number of carbonyl (C=O) groups excluding carboxylic acids is 1. The summed E-state index contributed by atoms with van der Waals surface area (Å²) in [6, 6.07) is 6.14. The van der Waals surface area contributed by atoms with Gasteiger partial charge in [0.15, 0.2) is 0 Å². The number of sulfonamides is 1. The lowest BCUT2D eigenvalue weighted by Gasteiger charge is -2.25. The molecule has 4 N–H and O–H groups in total. The lowest BCUT2D eigenvalue weighted by Crippen LogP contribution is -2.52. The Balaban J connectivity index is 0.00000484. The molecule has 0 fully saturated rings. The molecule has 0 heterocycles. The lowest BCUT2D eigenvalue weighted by atomic mass is 9.95. The molecule has 2 unspecified atom stereocenters. The molecular formula is C15H26ClN3O3S. The second kappa shape index (κ2) is 8.63. The topological polar surface area (TPSA) is 101 Å². The number of carbonyl (C=O) groups is 1. The van der Waals surface area contributed by atoms with Crippen LogP contribution in [0.2, 0.25) is 0 Å². The minimum absolute atomic E-state index is 0. The van der Waals surface area contributed by atoms with Crippen molar-refractivity contribution < 1.29 is 13.2 Å². The van der Waals surface area contributed by atoms with Gasteiger partial charge in [0, 0.05) is 0 Å². The highest BCUT2D eigenvalue weighted by molar-refractivity contribution is 7.89. The van der Waals surface area contributed by atoms with E-state index >= 15 is 0 Å². The van der Waals surface area contributed by atoms with Gasteiger partial charge in [0.1, 0.15) is 0 Å². The Morgan fingerprint density at radius 1 is 1.30 bits per heavy atom. The molecule has 0 aliphatic carbocycles. The molecule has 1 aromatic rings. The standard InChI is InChI=1S/C15H25N3O3S.ClH/c1-5-10-15(3,16)14(19)18-11(2)12-6-8-13(9-7-12)22(20,21)17-4;/h6-9,11,17H,5,10,16H2,1-4H3,(H,18,19);1H. The van der Waals surface area contributed by atoms with Crippen LogP contribution >= 0.6 is 12.4 Å². The van der Waals surface area contributed by atoms with Crippen LogP contribution in [0.4, 0.5) is 0 Å². The molecule has 132 valence electrons. The third kappa shape index (κ3) is 5.76. The molecule has 0 aliphatic rings. The Kier molecular flexibility index (Phi) is 8.20. The van der Waals surface area contributed by atoms with Crippen molar-refractivity contribution in [1.82, 2.24) is 10.0 Å². The number of halogens is 1. The Morgan fingerprint density at radius 3 is 2.26 bits per heavy atom.